The Morgan fingerprint density at radius 1 is 1.21 bits per heavy atom. The van der Waals surface area contributed by atoms with Crippen molar-refractivity contribution in [2.45, 2.75) is 59.3 Å². The lowest BCUT2D eigenvalue weighted by Crippen LogP contribution is -2.36. The molecule has 0 radical (unpaired) electrons. The van der Waals surface area contributed by atoms with Gasteiger partial charge in [-0.2, -0.15) is 5.10 Å². The molecule has 1 aromatic heterocycles. The summed E-state index contributed by atoms with van der Waals surface area (Å²) in [5, 5.41) is 18.0. The van der Waals surface area contributed by atoms with E-state index < -0.39 is 0 Å². The molecule has 1 aliphatic rings. The zero-order chi connectivity index (χ0) is 20.1. The number of rotatable bonds is 7. The molecule has 0 saturated carbocycles. The molecule has 2 amide bonds. The maximum atomic E-state index is 12.6. The van der Waals surface area contributed by atoms with Crippen LogP contribution in [0.1, 0.15) is 55.2 Å². The van der Waals surface area contributed by atoms with E-state index in [2.05, 4.69) is 27.5 Å². The van der Waals surface area contributed by atoms with Gasteiger partial charge in [0, 0.05) is 19.3 Å². The van der Waals surface area contributed by atoms with E-state index in [1.54, 1.807) is 0 Å². The standard InChI is InChI=1S/C20H25N5O2S/c1-4-5-6-7-17-22-23-20(28-17)21-19(27)15-10-11-18(26)25(24-15)16-12-13(2)8-9-14(16)3/h8-9,12H,4-7,10-11H2,1-3H3,(H,21,23,27). The number of benzene rings is 1. The van der Waals surface area contributed by atoms with Gasteiger partial charge in [-0.1, -0.05) is 43.2 Å². The van der Waals surface area contributed by atoms with Gasteiger partial charge in [-0.3, -0.25) is 14.9 Å². The lowest BCUT2D eigenvalue weighted by Gasteiger charge is -2.24. The molecular formula is C20H25N5O2S. The van der Waals surface area contributed by atoms with Gasteiger partial charge in [-0.25, -0.2) is 5.01 Å². The van der Waals surface area contributed by atoms with Gasteiger partial charge >= 0.3 is 0 Å². The SMILES string of the molecule is CCCCCc1nnc(NC(=O)C2=NN(c3cc(C)ccc3C)C(=O)CC2)s1. The van der Waals surface area contributed by atoms with Gasteiger partial charge in [0.2, 0.25) is 11.0 Å². The third-order valence-electron chi connectivity index (χ3n) is 4.57. The average Bonchev–Trinajstić information content (AvgIpc) is 3.11. The first-order chi connectivity index (χ1) is 13.5. The predicted octanol–water partition coefficient (Wildman–Crippen LogP) is 4.01. The number of nitrogens with zero attached hydrogens (tertiary/aromatic N) is 4. The van der Waals surface area contributed by atoms with Crippen molar-refractivity contribution in [3.05, 3.63) is 34.3 Å². The fourth-order valence-electron chi connectivity index (χ4n) is 2.95. The van der Waals surface area contributed by atoms with Crippen LogP contribution in [0.15, 0.2) is 23.3 Å². The van der Waals surface area contributed by atoms with Crippen LogP contribution in [0.4, 0.5) is 10.8 Å². The van der Waals surface area contributed by atoms with Crippen molar-refractivity contribution in [2.24, 2.45) is 5.10 Å². The summed E-state index contributed by atoms with van der Waals surface area (Å²) >= 11 is 1.39. The smallest absolute Gasteiger partial charge is 0.273 e. The number of nitrogens with one attached hydrogen (secondary N) is 1. The molecule has 0 bridgehead atoms. The van der Waals surface area contributed by atoms with Crippen LogP contribution < -0.4 is 10.3 Å². The molecule has 1 N–H and O–H groups in total. The third-order valence-corrected chi connectivity index (χ3v) is 5.47. The quantitative estimate of drug-likeness (QED) is 0.713. The topological polar surface area (TPSA) is 87.6 Å². The van der Waals surface area contributed by atoms with E-state index in [-0.39, 0.29) is 18.2 Å². The molecule has 0 saturated heterocycles. The normalized spacial score (nSPS) is 14.2. The van der Waals surface area contributed by atoms with Gasteiger partial charge in [0.25, 0.3) is 5.91 Å². The number of hydrogen-bond acceptors (Lipinski definition) is 6. The number of hydrazone groups is 1. The Bertz CT molecular complexity index is 906. The second-order valence-corrected chi connectivity index (χ2v) is 8.02. The first-order valence-corrected chi connectivity index (χ1v) is 10.4. The number of anilines is 2. The Hall–Kier alpha value is -2.61. The van der Waals surface area contributed by atoms with Crippen molar-refractivity contribution >= 4 is 39.7 Å². The number of aromatic nitrogens is 2. The number of amides is 2. The Morgan fingerprint density at radius 3 is 2.82 bits per heavy atom. The zero-order valence-corrected chi connectivity index (χ0v) is 17.3. The molecule has 8 heteroatoms. The van der Waals surface area contributed by atoms with Crippen LogP contribution in [0.2, 0.25) is 0 Å². The highest BCUT2D eigenvalue weighted by Crippen LogP contribution is 2.26. The second kappa shape index (κ2) is 9.05. The van der Waals surface area contributed by atoms with Crippen molar-refractivity contribution in [3.63, 3.8) is 0 Å². The summed E-state index contributed by atoms with van der Waals surface area (Å²) in [6, 6.07) is 5.84. The Labute approximate surface area is 168 Å². The summed E-state index contributed by atoms with van der Waals surface area (Å²) in [4.78, 5) is 25.0. The number of aryl methyl sites for hydroxylation is 3. The Kier molecular flexibility index (Phi) is 6.51. The van der Waals surface area contributed by atoms with Gasteiger partial charge in [-0.05, 0) is 37.5 Å². The van der Waals surface area contributed by atoms with E-state index in [0.717, 1.165) is 41.8 Å². The fourth-order valence-corrected chi connectivity index (χ4v) is 3.73. The minimum atomic E-state index is -0.334. The van der Waals surface area contributed by atoms with Crippen LogP contribution >= 0.6 is 11.3 Å². The van der Waals surface area contributed by atoms with Crippen LogP contribution in [0.25, 0.3) is 0 Å². The molecule has 7 nitrogen and oxygen atoms in total. The largest absolute Gasteiger partial charge is 0.295 e. The summed E-state index contributed by atoms with van der Waals surface area (Å²) in [6.07, 6.45) is 4.81. The van der Waals surface area contributed by atoms with Gasteiger partial charge < -0.3 is 0 Å². The first kappa shape index (κ1) is 20.1. The first-order valence-electron chi connectivity index (χ1n) is 9.59. The van der Waals surface area contributed by atoms with Crippen LogP contribution in [0.5, 0.6) is 0 Å². The summed E-state index contributed by atoms with van der Waals surface area (Å²) in [5.41, 5.74) is 3.00. The molecule has 1 aromatic carbocycles. The highest BCUT2D eigenvalue weighted by atomic mass is 32.1. The maximum absolute atomic E-state index is 12.6. The van der Waals surface area contributed by atoms with Gasteiger partial charge in [0.1, 0.15) is 10.7 Å². The number of carbonyl (C=O) groups is 2. The van der Waals surface area contributed by atoms with Crippen molar-refractivity contribution in [2.75, 3.05) is 10.3 Å². The molecule has 0 atom stereocenters. The van der Waals surface area contributed by atoms with E-state index in [1.165, 1.54) is 16.3 Å². The molecule has 0 unspecified atom stereocenters. The number of unbranched alkanes of at least 4 members (excludes halogenated alkanes) is 2. The minimum Gasteiger partial charge on any atom is -0.295 e. The molecule has 2 aromatic rings. The molecule has 3 rings (SSSR count). The van der Waals surface area contributed by atoms with Crippen molar-refractivity contribution in [3.8, 4) is 0 Å². The van der Waals surface area contributed by atoms with Gasteiger partial charge in [-0.15, -0.1) is 10.2 Å². The molecule has 0 fully saturated rings. The van der Waals surface area contributed by atoms with Gasteiger partial charge in [0.05, 0.1) is 5.69 Å². The zero-order valence-electron chi connectivity index (χ0n) is 16.5. The molecule has 148 valence electrons. The van der Waals surface area contributed by atoms with Crippen molar-refractivity contribution in [1.82, 2.24) is 10.2 Å². The Balaban J connectivity index is 1.72. The van der Waals surface area contributed by atoms with Crippen LogP contribution in [0.3, 0.4) is 0 Å². The molecular weight excluding hydrogens is 374 g/mol. The summed E-state index contributed by atoms with van der Waals surface area (Å²) < 4.78 is 0. The van der Waals surface area contributed by atoms with Crippen molar-refractivity contribution < 1.29 is 9.59 Å². The van der Waals surface area contributed by atoms with E-state index >= 15 is 0 Å². The summed E-state index contributed by atoms with van der Waals surface area (Å²) in [7, 11) is 0. The Morgan fingerprint density at radius 2 is 2.04 bits per heavy atom. The number of carbonyl (C=O) groups excluding carboxylic acids is 2. The van der Waals surface area contributed by atoms with Crippen molar-refractivity contribution in [1.29, 1.82) is 0 Å². The summed E-state index contributed by atoms with van der Waals surface area (Å²) in [6.45, 7) is 6.04. The van der Waals surface area contributed by atoms with E-state index in [0.29, 0.717) is 23.0 Å². The average molecular weight is 400 g/mol. The predicted molar refractivity (Wildman–Crippen MR) is 112 cm³/mol. The highest BCUT2D eigenvalue weighted by Gasteiger charge is 2.27. The van der Waals surface area contributed by atoms with E-state index in [9.17, 15) is 9.59 Å². The molecule has 0 aliphatic carbocycles. The molecule has 0 spiro atoms. The lowest BCUT2D eigenvalue weighted by atomic mass is 10.1. The number of hydrogen-bond donors (Lipinski definition) is 1. The lowest BCUT2D eigenvalue weighted by molar-refractivity contribution is -0.118. The summed E-state index contributed by atoms with van der Waals surface area (Å²) in [5.74, 6) is -0.446. The molecule has 2 heterocycles. The molecule has 1 aliphatic heterocycles. The second-order valence-electron chi connectivity index (χ2n) is 6.95. The third kappa shape index (κ3) is 4.81. The molecule has 28 heavy (non-hydrogen) atoms. The maximum Gasteiger partial charge on any atom is 0.273 e. The fraction of sp³-hybridized carbons (Fsp3) is 0.450. The van der Waals surface area contributed by atoms with Crippen LogP contribution in [0, 0.1) is 13.8 Å². The minimum absolute atomic E-state index is 0.112. The van der Waals surface area contributed by atoms with Crippen LogP contribution in [-0.4, -0.2) is 27.7 Å². The van der Waals surface area contributed by atoms with E-state index in [1.807, 2.05) is 32.0 Å². The van der Waals surface area contributed by atoms with Crippen LogP contribution in [-0.2, 0) is 16.0 Å². The monoisotopic (exact) mass is 399 g/mol. The highest BCUT2D eigenvalue weighted by molar-refractivity contribution is 7.15. The van der Waals surface area contributed by atoms with E-state index in [4.69, 9.17) is 0 Å². The van der Waals surface area contributed by atoms with Gasteiger partial charge in [0.15, 0.2) is 0 Å².